The first-order valence-electron chi connectivity index (χ1n) is 4.75. The summed E-state index contributed by atoms with van der Waals surface area (Å²) in [5, 5.41) is 4.63. The average molecular weight is 197 g/mol. The Hall–Kier alpha value is -0.450. The van der Waals surface area contributed by atoms with Gasteiger partial charge in [-0.2, -0.15) is 0 Å². The molecule has 1 aromatic heterocycles. The monoisotopic (exact) mass is 197 g/mol. The van der Waals surface area contributed by atoms with Crippen LogP contribution in [0.25, 0.3) is 0 Å². The van der Waals surface area contributed by atoms with Crippen molar-refractivity contribution in [2.24, 2.45) is 5.73 Å². The molecular weight excluding hydrogens is 182 g/mol. The van der Waals surface area contributed by atoms with E-state index in [1.807, 2.05) is 6.20 Å². The minimum absolute atomic E-state index is 0.697. The molecule has 0 bridgehead atoms. The first-order chi connectivity index (χ1) is 6.38. The zero-order chi connectivity index (χ0) is 9.10. The predicted molar refractivity (Wildman–Crippen MR) is 54.7 cm³/mol. The molecule has 0 aromatic carbocycles. The zero-order valence-corrected chi connectivity index (χ0v) is 8.44. The SMILES string of the molecule is NCCc1ncc(CNC2CC2)s1. The summed E-state index contributed by atoms with van der Waals surface area (Å²) in [6.45, 7) is 1.68. The van der Waals surface area contributed by atoms with Gasteiger partial charge in [-0.1, -0.05) is 0 Å². The van der Waals surface area contributed by atoms with E-state index in [0.29, 0.717) is 6.54 Å². The molecule has 0 unspecified atom stereocenters. The number of rotatable bonds is 5. The van der Waals surface area contributed by atoms with Gasteiger partial charge in [0.1, 0.15) is 0 Å². The fourth-order valence-corrected chi connectivity index (χ4v) is 2.09. The van der Waals surface area contributed by atoms with Gasteiger partial charge in [0.15, 0.2) is 0 Å². The number of hydrogen-bond acceptors (Lipinski definition) is 4. The summed E-state index contributed by atoms with van der Waals surface area (Å²) in [7, 11) is 0. The van der Waals surface area contributed by atoms with Crippen LogP contribution in [0, 0.1) is 0 Å². The van der Waals surface area contributed by atoms with Crippen LogP contribution in [0.15, 0.2) is 6.20 Å². The van der Waals surface area contributed by atoms with Crippen molar-refractivity contribution in [1.82, 2.24) is 10.3 Å². The maximum Gasteiger partial charge on any atom is 0.0940 e. The Bertz CT molecular complexity index is 268. The number of nitrogens with one attached hydrogen (secondary N) is 1. The summed E-state index contributed by atoms with van der Waals surface area (Å²) >= 11 is 1.77. The van der Waals surface area contributed by atoms with Crippen LogP contribution in [-0.2, 0) is 13.0 Å². The summed E-state index contributed by atoms with van der Waals surface area (Å²) in [4.78, 5) is 5.63. The van der Waals surface area contributed by atoms with Crippen LogP contribution in [0.3, 0.4) is 0 Å². The molecule has 0 spiro atoms. The van der Waals surface area contributed by atoms with Gasteiger partial charge >= 0.3 is 0 Å². The molecule has 4 heteroatoms. The fraction of sp³-hybridized carbons (Fsp3) is 0.667. The second kappa shape index (κ2) is 4.17. The highest BCUT2D eigenvalue weighted by atomic mass is 32.1. The van der Waals surface area contributed by atoms with E-state index in [9.17, 15) is 0 Å². The van der Waals surface area contributed by atoms with E-state index in [1.165, 1.54) is 17.7 Å². The van der Waals surface area contributed by atoms with Crippen molar-refractivity contribution in [2.45, 2.75) is 31.8 Å². The van der Waals surface area contributed by atoms with Crippen molar-refractivity contribution in [3.63, 3.8) is 0 Å². The molecule has 72 valence electrons. The Kier molecular flexibility index (Phi) is 2.93. The Morgan fingerprint density at radius 2 is 2.46 bits per heavy atom. The highest BCUT2D eigenvalue weighted by Crippen LogP contribution is 2.20. The molecule has 1 heterocycles. The summed E-state index contributed by atoms with van der Waals surface area (Å²) in [5.74, 6) is 0. The van der Waals surface area contributed by atoms with E-state index in [1.54, 1.807) is 11.3 Å². The van der Waals surface area contributed by atoms with E-state index < -0.39 is 0 Å². The molecule has 1 aromatic rings. The molecule has 1 aliphatic rings. The third-order valence-electron chi connectivity index (χ3n) is 2.10. The van der Waals surface area contributed by atoms with Gasteiger partial charge in [-0.25, -0.2) is 4.98 Å². The lowest BCUT2D eigenvalue weighted by Gasteiger charge is -1.96. The second-order valence-corrected chi connectivity index (χ2v) is 4.61. The van der Waals surface area contributed by atoms with Crippen LogP contribution in [0.4, 0.5) is 0 Å². The Morgan fingerprint density at radius 1 is 1.62 bits per heavy atom. The molecule has 3 nitrogen and oxygen atoms in total. The molecule has 0 amide bonds. The van der Waals surface area contributed by atoms with Crippen LogP contribution >= 0.6 is 11.3 Å². The van der Waals surface area contributed by atoms with Crippen LogP contribution in [0.2, 0.25) is 0 Å². The van der Waals surface area contributed by atoms with Gasteiger partial charge in [-0.15, -0.1) is 11.3 Å². The standard InChI is InChI=1S/C9H15N3S/c10-4-3-9-12-6-8(13-9)5-11-7-1-2-7/h6-7,11H,1-5,10H2. The smallest absolute Gasteiger partial charge is 0.0940 e. The van der Waals surface area contributed by atoms with Crippen LogP contribution in [0.1, 0.15) is 22.7 Å². The third kappa shape index (κ3) is 2.76. The minimum Gasteiger partial charge on any atom is -0.330 e. The zero-order valence-electron chi connectivity index (χ0n) is 7.62. The summed E-state index contributed by atoms with van der Waals surface area (Å²) in [6.07, 6.45) is 5.56. The van der Waals surface area contributed by atoms with Crippen molar-refractivity contribution >= 4 is 11.3 Å². The van der Waals surface area contributed by atoms with Crippen molar-refractivity contribution in [2.75, 3.05) is 6.54 Å². The van der Waals surface area contributed by atoms with Crippen molar-refractivity contribution in [1.29, 1.82) is 0 Å². The van der Waals surface area contributed by atoms with Crippen molar-refractivity contribution in [3.8, 4) is 0 Å². The molecule has 0 atom stereocenters. The van der Waals surface area contributed by atoms with Gasteiger partial charge in [-0.05, 0) is 19.4 Å². The molecule has 1 fully saturated rings. The van der Waals surface area contributed by atoms with Crippen molar-refractivity contribution in [3.05, 3.63) is 16.1 Å². The summed E-state index contributed by atoms with van der Waals surface area (Å²) < 4.78 is 0. The van der Waals surface area contributed by atoms with Gasteiger partial charge in [0.05, 0.1) is 5.01 Å². The van der Waals surface area contributed by atoms with E-state index in [4.69, 9.17) is 5.73 Å². The Morgan fingerprint density at radius 3 is 3.15 bits per heavy atom. The molecule has 0 radical (unpaired) electrons. The van der Waals surface area contributed by atoms with E-state index in [2.05, 4.69) is 10.3 Å². The number of aromatic nitrogens is 1. The normalized spacial score (nSPS) is 16.4. The highest BCUT2D eigenvalue weighted by molar-refractivity contribution is 7.11. The van der Waals surface area contributed by atoms with Crippen LogP contribution in [-0.4, -0.2) is 17.6 Å². The molecular formula is C9H15N3S. The number of nitrogens with two attached hydrogens (primary N) is 1. The molecule has 3 N–H and O–H groups in total. The van der Waals surface area contributed by atoms with Gasteiger partial charge in [0.25, 0.3) is 0 Å². The molecule has 2 rings (SSSR count). The number of thiazole rings is 1. The first kappa shape index (κ1) is 9.12. The van der Waals surface area contributed by atoms with Gasteiger partial charge < -0.3 is 11.1 Å². The lowest BCUT2D eigenvalue weighted by Crippen LogP contribution is -2.14. The molecule has 1 aliphatic carbocycles. The van der Waals surface area contributed by atoms with Gasteiger partial charge in [0, 0.05) is 30.1 Å². The highest BCUT2D eigenvalue weighted by Gasteiger charge is 2.20. The topological polar surface area (TPSA) is 50.9 Å². The lowest BCUT2D eigenvalue weighted by atomic mass is 10.4. The first-order valence-corrected chi connectivity index (χ1v) is 5.57. The molecule has 0 aliphatic heterocycles. The van der Waals surface area contributed by atoms with Crippen LogP contribution in [0.5, 0.6) is 0 Å². The quantitative estimate of drug-likeness (QED) is 0.737. The summed E-state index contributed by atoms with van der Waals surface area (Å²) in [5.41, 5.74) is 5.45. The molecule has 0 saturated heterocycles. The predicted octanol–water partition coefficient (Wildman–Crippen LogP) is 0.896. The van der Waals surface area contributed by atoms with E-state index >= 15 is 0 Å². The summed E-state index contributed by atoms with van der Waals surface area (Å²) in [6, 6.07) is 0.778. The lowest BCUT2D eigenvalue weighted by molar-refractivity contribution is 0.694. The Balaban J connectivity index is 1.81. The molecule has 1 saturated carbocycles. The third-order valence-corrected chi connectivity index (χ3v) is 3.16. The fourth-order valence-electron chi connectivity index (χ4n) is 1.20. The minimum atomic E-state index is 0.697. The van der Waals surface area contributed by atoms with E-state index in [-0.39, 0.29) is 0 Å². The van der Waals surface area contributed by atoms with Gasteiger partial charge in [0.2, 0.25) is 0 Å². The van der Waals surface area contributed by atoms with Gasteiger partial charge in [-0.3, -0.25) is 0 Å². The number of hydrogen-bond donors (Lipinski definition) is 2. The molecule has 13 heavy (non-hydrogen) atoms. The average Bonchev–Trinajstić information content (AvgIpc) is 2.85. The van der Waals surface area contributed by atoms with Crippen molar-refractivity contribution < 1.29 is 0 Å². The number of nitrogens with zero attached hydrogens (tertiary/aromatic N) is 1. The Labute approximate surface area is 82.4 Å². The van der Waals surface area contributed by atoms with Crippen LogP contribution < -0.4 is 11.1 Å². The largest absolute Gasteiger partial charge is 0.330 e. The second-order valence-electron chi connectivity index (χ2n) is 3.41. The maximum atomic E-state index is 5.45. The van der Waals surface area contributed by atoms with E-state index in [0.717, 1.165) is 24.0 Å². The maximum absolute atomic E-state index is 5.45.